The van der Waals surface area contributed by atoms with Crippen molar-refractivity contribution in [2.45, 2.75) is 42.5 Å². The van der Waals surface area contributed by atoms with E-state index >= 15 is 0 Å². The smallest absolute Gasteiger partial charge is 0.144 e. The molecule has 1 aliphatic carbocycles. The van der Waals surface area contributed by atoms with E-state index in [1.54, 1.807) is 6.26 Å². The van der Waals surface area contributed by atoms with Gasteiger partial charge in [0.2, 0.25) is 0 Å². The van der Waals surface area contributed by atoms with Crippen molar-refractivity contribution in [2.75, 3.05) is 6.26 Å². The Hall–Kier alpha value is -0.610. The van der Waals surface area contributed by atoms with Gasteiger partial charge < -0.3 is 5.73 Å². The molecule has 0 amide bonds. The first-order valence-electron chi connectivity index (χ1n) is 5.90. The van der Waals surface area contributed by atoms with E-state index in [2.05, 4.69) is 0 Å². The molecule has 0 aliphatic heterocycles. The van der Waals surface area contributed by atoms with Crippen LogP contribution >= 0.6 is 11.8 Å². The van der Waals surface area contributed by atoms with Crippen molar-refractivity contribution in [2.24, 2.45) is 5.73 Å². The number of hydrogen-bond donors (Lipinski definition) is 1. The zero-order chi connectivity index (χ0) is 12.5. The van der Waals surface area contributed by atoms with Gasteiger partial charge in [-0.25, -0.2) is 8.78 Å². The third-order valence-electron chi connectivity index (χ3n) is 3.52. The third kappa shape index (κ3) is 2.33. The minimum atomic E-state index is -0.821. The lowest BCUT2D eigenvalue weighted by Crippen LogP contribution is -2.40. The fraction of sp³-hybridized carbons (Fsp3) is 0.538. The molecule has 1 aromatic carbocycles. The highest BCUT2D eigenvalue weighted by Gasteiger charge is 2.35. The van der Waals surface area contributed by atoms with Crippen LogP contribution in [0.5, 0.6) is 0 Å². The van der Waals surface area contributed by atoms with E-state index in [-0.39, 0.29) is 5.56 Å². The van der Waals surface area contributed by atoms with E-state index in [0.717, 1.165) is 19.3 Å². The number of nitrogens with two attached hydrogens (primary N) is 1. The van der Waals surface area contributed by atoms with Crippen molar-refractivity contribution in [3.63, 3.8) is 0 Å². The molecule has 94 valence electrons. The second kappa shape index (κ2) is 4.94. The molecule has 17 heavy (non-hydrogen) atoms. The molecule has 0 unspecified atom stereocenters. The summed E-state index contributed by atoms with van der Waals surface area (Å²) in [5.41, 5.74) is 5.48. The maximum atomic E-state index is 14.2. The summed E-state index contributed by atoms with van der Waals surface area (Å²) in [5, 5.41) is 0. The summed E-state index contributed by atoms with van der Waals surface area (Å²) in [5.74, 6) is -0.980. The summed E-state index contributed by atoms with van der Waals surface area (Å²) in [6, 6.07) is 2.80. The van der Waals surface area contributed by atoms with Crippen LogP contribution < -0.4 is 5.73 Å². The number of thioether (sulfide) groups is 1. The van der Waals surface area contributed by atoms with E-state index in [4.69, 9.17) is 5.73 Å². The highest BCUT2D eigenvalue weighted by Crippen LogP contribution is 2.39. The molecule has 0 heterocycles. The van der Waals surface area contributed by atoms with Crippen molar-refractivity contribution in [3.8, 4) is 0 Å². The van der Waals surface area contributed by atoms with Gasteiger partial charge in [-0.2, -0.15) is 0 Å². The first-order valence-corrected chi connectivity index (χ1v) is 7.12. The number of benzene rings is 1. The minimum Gasteiger partial charge on any atom is -0.321 e. The minimum absolute atomic E-state index is 0.0871. The largest absolute Gasteiger partial charge is 0.321 e. The fourth-order valence-electron chi connectivity index (χ4n) is 2.58. The lowest BCUT2D eigenvalue weighted by atomic mass is 9.77. The Morgan fingerprint density at radius 1 is 1.18 bits per heavy atom. The van der Waals surface area contributed by atoms with Gasteiger partial charge in [-0.05, 0) is 31.2 Å². The topological polar surface area (TPSA) is 26.0 Å². The van der Waals surface area contributed by atoms with Crippen LogP contribution in [-0.2, 0) is 5.54 Å². The molecule has 4 heteroatoms. The van der Waals surface area contributed by atoms with E-state index in [0.29, 0.717) is 17.7 Å². The predicted octanol–water partition coefficient (Wildman–Crippen LogP) is 3.80. The number of halogens is 2. The second-order valence-corrected chi connectivity index (χ2v) is 5.50. The monoisotopic (exact) mass is 257 g/mol. The van der Waals surface area contributed by atoms with E-state index in [9.17, 15) is 8.78 Å². The SMILES string of the molecule is CSc1ccc(F)c(C2(N)CCCCC2)c1F. The molecule has 0 radical (unpaired) electrons. The van der Waals surface area contributed by atoms with E-state index in [1.165, 1.54) is 23.9 Å². The maximum Gasteiger partial charge on any atom is 0.144 e. The molecule has 2 N–H and O–H groups in total. The average Bonchev–Trinajstić information content (AvgIpc) is 2.30. The van der Waals surface area contributed by atoms with Gasteiger partial charge in [0.25, 0.3) is 0 Å². The molecular weight excluding hydrogens is 240 g/mol. The summed E-state index contributed by atoms with van der Waals surface area (Å²) in [7, 11) is 0. The molecule has 0 bridgehead atoms. The molecule has 0 atom stereocenters. The van der Waals surface area contributed by atoms with Crippen molar-refractivity contribution in [3.05, 3.63) is 29.3 Å². The molecule has 0 aromatic heterocycles. The van der Waals surface area contributed by atoms with Gasteiger partial charge in [-0.1, -0.05) is 19.3 Å². The quantitative estimate of drug-likeness (QED) is 0.815. The van der Waals surface area contributed by atoms with Gasteiger partial charge >= 0.3 is 0 Å². The molecule has 0 spiro atoms. The van der Waals surface area contributed by atoms with Crippen LogP contribution in [0.1, 0.15) is 37.7 Å². The Kier molecular flexibility index (Phi) is 3.73. The summed E-state index contributed by atoms with van der Waals surface area (Å²) in [6.07, 6.45) is 6.10. The van der Waals surface area contributed by atoms with Gasteiger partial charge in [0.15, 0.2) is 0 Å². The second-order valence-electron chi connectivity index (χ2n) is 4.66. The first kappa shape index (κ1) is 12.8. The van der Waals surface area contributed by atoms with Crippen molar-refractivity contribution in [1.29, 1.82) is 0 Å². The Balaban J connectivity index is 2.49. The standard InChI is InChI=1S/C13H17F2NS/c1-17-10-6-5-9(14)11(12(10)15)13(16)7-3-2-4-8-13/h5-6H,2-4,7-8,16H2,1H3. The summed E-state index contributed by atoms with van der Waals surface area (Å²) >= 11 is 1.28. The van der Waals surface area contributed by atoms with E-state index in [1.807, 2.05) is 0 Å². The Labute approximate surface area is 105 Å². The molecule has 1 saturated carbocycles. The Morgan fingerprint density at radius 2 is 1.82 bits per heavy atom. The van der Waals surface area contributed by atoms with Crippen molar-refractivity contribution >= 4 is 11.8 Å². The van der Waals surface area contributed by atoms with Gasteiger partial charge in [-0.15, -0.1) is 11.8 Å². The predicted molar refractivity (Wildman–Crippen MR) is 67.1 cm³/mol. The highest BCUT2D eigenvalue weighted by molar-refractivity contribution is 7.98. The van der Waals surface area contributed by atoms with Crippen LogP contribution in [0.4, 0.5) is 8.78 Å². The average molecular weight is 257 g/mol. The number of rotatable bonds is 2. The van der Waals surface area contributed by atoms with Gasteiger partial charge in [0.05, 0.1) is 0 Å². The molecule has 1 aliphatic rings. The van der Waals surface area contributed by atoms with Crippen LogP contribution in [0.25, 0.3) is 0 Å². The van der Waals surface area contributed by atoms with Gasteiger partial charge in [0, 0.05) is 16.0 Å². The molecule has 2 rings (SSSR count). The normalized spacial score (nSPS) is 19.3. The van der Waals surface area contributed by atoms with Gasteiger partial charge in [-0.3, -0.25) is 0 Å². The molecule has 0 saturated heterocycles. The molecule has 1 nitrogen and oxygen atoms in total. The highest BCUT2D eigenvalue weighted by atomic mass is 32.2. The van der Waals surface area contributed by atoms with Crippen molar-refractivity contribution < 1.29 is 8.78 Å². The van der Waals surface area contributed by atoms with Crippen LogP contribution in [0.3, 0.4) is 0 Å². The van der Waals surface area contributed by atoms with Crippen LogP contribution in [0.15, 0.2) is 17.0 Å². The zero-order valence-corrected chi connectivity index (χ0v) is 10.7. The number of hydrogen-bond acceptors (Lipinski definition) is 2. The summed E-state index contributed by atoms with van der Waals surface area (Å²) in [4.78, 5) is 0.469. The van der Waals surface area contributed by atoms with Crippen LogP contribution in [0, 0.1) is 11.6 Å². The molecular formula is C13H17F2NS. The third-order valence-corrected chi connectivity index (χ3v) is 4.27. The summed E-state index contributed by atoms with van der Waals surface area (Å²) in [6.45, 7) is 0. The first-order chi connectivity index (χ1) is 8.08. The van der Waals surface area contributed by atoms with Crippen LogP contribution in [-0.4, -0.2) is 6.26 Å². The van der Waals surface area contributed by atoms with Crippen molar-refractivity contribution in [1.82, 2.24) is 0 Å². The zero-order valence-electron chi connectivity index (χ0n) is 9.93. The van der Waals surface area contributed by atoms with Crippen LogP contribution in [0.2, 0.25) is 0 Å². The maximum absolute atomic E-state index is 14.2. The lowest BCUT2D eigenvalue weighted by Gasteiger charge is -2.34. The lowest BCUT2D eigenvalue weighted by molar-refractivity contribution is 0.281. The molecule has 1 aromatic rings. The summed E-state index contributed by atoms with van der Waals surface area (Å²) < 4.78 is 28.1. The Morgan fingerprint density at radius 3 is 2.41 bits per heavy atom. The van der Waals surface area contributed by atoms with Gasteiger partial charge in [0.1, 0.15) is 11.6 Å². The Bertz CT molecular complexity index is 414. The van der Waals surface area contributed by atoms with E-state index < -0.39 is 17.2 Å². The fourth-order valence-corrected chi connectivity index (χ4v) is 3.07. The molecule has 1 fully saturated rings.